The number of alkyl carbamates (subject to hydrolysis) is 1. The Labute approximate surface area is 170 Å². The average molecular weight is 419 g/mol. The number of carbonyl (C=O) groups excluding carboxylic acids is 2. The van der Waals surface area contributed by atoms with Crippen molar-refractivity contribution in [2.75, 3.05) is 12.8 Å². The number of nitrogens with one attached hydrogen (secondary N) is 1. The Hall–Kier alpha value is -2.63. The zero-order chi connectivity index (χ0) is 21.1. The van der Waals surface area contributed by atoms with Crippen LogP contribution >= 0.6 is 7.37 Å². The van der Waals surface area contributed by atoms with Crippen LogP contribution in [0, 0.1) is 0 Å². The van der Waals surface area contributed by atoms with Crippen LogP contribution in [0.25, 0.3) is 0 Å². The van der Waals surface area contributed by atoms with Gasteiger partial charge in [-0.1, -0.05) is 60.7 Å². The number of benzene rings is 2. The maximum atomic E-state index is 12.9. The highest BCUT2D eigenvalue weighted by atomic mass is 31.2. The van der Waals surface area contributed by atoms with Crippen LogP contribution in [0.4, 0.5) is 4.79 Å². The molecule has 7 nitrogen and oxygen atoms in total. The Bertz CT molecular complexity index is 828. The van der Waals surface area contributed by atoms with Crippen molar-refractivity contribution in [2.24, 2.45) is 0 Å². The third kappa shape index (κ3) is 8.10. The fourth-order valence-corrected chi connectivity index (χ4v) is 4.29. The standard InChI is InChI=1S/C21H26NO6P/c1-2-27-20(23)13-14-29(25,26)19(15-17-9-5-3-6-10-17)22-21(24)28-16-18-11-7-4-8-12-18/h3-12,19H,2,13-16H2,1H3,(H,22,24)(H,25,26)/t19-/m1/s1. The van der Waals surface area contributed by atoms with Crippen molar-refractivity contribution in [1.82, 2.24) is 5.32 Å². The number of hydrogen-bond donors (Lipinski definition) is 2. The molecular formula is C21H26NO6P. The maximum Gasteiger partial charge on any atom is 0.408 e. The van der Waals surface area contributed by atoms with Crippen molar-refractivity contribution in [3.05, 3.63) is 71.8 Å². The molecule has 1 unspecified atom stereocenters. The molecule has 0 saturated heterocycles. The zero-order valence-electron chi connectivity index (χ0n) is 16.3. The molecule has 0 aromatic heterocycles. The summed E-state index contributed by atoms with van der Waals surface area (Å²) in [7, 11) is -3.91. The van der Waals surface area contributed by atoms with Crippen molar-refractivity contribution in [1.29, 1.82) is 0 Å². The van der Waals surface area contributed by atoms with Gasteiger partial charge in [-0.3, -0.25) is 9.36 Å². The van der Waals surface area contributed by atoms with E-state index < -0.39 is 25.2 Å². The number of carbonyl (C=O) groups is 2. The van der Waals surface area contributed by atoms with Crippen LogP contribution in [-0.2, 0) is 31.9 Å². The van der Waals surface area contributed by atoms with Crippen molar-refractivity contribution in [3.8, 4) is 0 Å². The lowest BCUT2D eigenvalue weighted by Crippen LogP contribution is -2.37. The predicted molar refractivity (Wildman–Crippen MR) is 110 cm³/mol. The van der Waals surface area contributed by atoms with Crippen molar-refractivity contribution >= 4 is 19.4 Å². The Morgan fingerprint density at radius 2 is 1.59 bits per heavy atom. The van der Waals surface area contributed by atoms with Gasteiger partial charge in [0, 0.05) is 12.6 Å². The highest BCUT2D eigenvalue weighted by Gasteiger charge is 2.33. The van der Waals surface area contributed by atoms with Crippen molar-refractivity contribution in [2.45, 2.75) is 32.2 Å². The molecule has 0 bridgehead atoms. The summed E-state index contributed by atoms with van der Waals surface area (Å²) in [6.45, 7) is 1.91. The van der Waals surface area contributed by atoms with Crippen LogP contribution in [0.15, 0.2) is 60.7 Å². The van der Waals surface area contributed by atoms with Crippen LogP contribution in [0.5, 0.6) is 0 Å². The van der Waals surface area contributed by atoms with E-state index >= 15 is 0 Å². The summed E-state index contributed by atoms with van der Waals surface area (Å²) in [6.07, 6.45) is -1.14. The quantitative estimate of drug-likeness (QED) is 0.450. The first kappa shape index (κ1) is 22.7. The van der Waals surface area contributed by atoms with E-state index in [1.54, 1.807) is 31.2 Å². The number of amides is 1. The smallest absolute Gasteiger partial charge is 0.408 e. The molecule has 0 saturated carbocycles. The number of esters is 1. The molecule has 0 radical (unpaired) electrons. The molecule has 2 aromatic carbocycles. The van der Waals surface area contributed by atoms with Gasteiger partial charge in [-0.05, 0) is 18.1 Å². The summed E-state index contributed by atoms with van der Waals surface area (Å²) in [6, 6.07) is 18.2. The minimum Gasteiger partial charge on any atom is -0.466 e. The van der Waals surface area contributed by atoms with Crippen molar-refractivity contribution in [3.63, 3.8) is 0 Å². The molecule has 0 heterocycles. The van der Waals surface area contributed by atoms with E-state index in [0.29, 0.717) is 0 Å². The topological polar surface area (TPSA) is 102 Å². The monoisotopic (exact) mass is 419 g/mol. The van der Waals surface area contributed by atoms with Crippen LogP contribution in [0.2, 0.25) is 0 Å². The molecule has 0 aliphatic carbocycles. The summed E-state index contributed by atoms with van der Waals surface area (Å²) >= 11 is 0. The average Bonchev–Trinajstić information content (AvgIpc) is 2.72. The van der Waals surface area contributed by atoms with Crippen LogP contribution in [0.1, 0.15) is 24.5 Å². The van der Waals surface area contributed by atoms with Crippen LogP contribution in [-0.4, -0.2) is 35.5 Å². The van der Waals surface area contributed by atoms with Gasteiger partial charge in [-0.15, -0.1) is 0 Å². The number of hydrogen-bond acceptors (Lipinski definition) is 5. The molecule has 1 amide bonds. The fourth-order valence-electron chi connectivity index (χ4n) is 2.67. The highest BCUT2D eigenvalue weighted by molar-refractivity contribution is 7.58. The maximum absolute atomic E-state index is 12.9. The van der Waals surface area contributed by atoms with Crippen molar-refractivity contribution < 1.29 is 28.5 Å². The van der Waals surface area contributed by atoms with Gasteiger partial charge in [-0.2, -0.15) is 0 Å². The predicted octanol–water partition coefficient (Wildman–Crippen LogP) is 3.71. The van der Waals surface area contributed by atoms with E-state index in [-0.39, 0.29) is 32.2 Å². The number of ether oxygens (including phenoxy) is 2. The van der Waals surface area contributed by atoms with E-state index in [4.69, 9.17) is 9.47 Å². The molecule has 0 aliphatic heterocycles. The van der Waals surface area contributed by atoms with E-state index in [9.17, 15) is 19.0 Å². The van der Waals surface area contributed by atoms with Gasteiger partial charge in [0.15, 0.2) is 0 Å². The summed E-state index contributed by atoms with van der Waals surface area (Å²) in [5, 5.41) is 2.51. The van der Waals surface area contributed by atoms with Gasteiger partial charge in [0.25, 0.3) is 0 Å². The van der Waals surface area contributed by atoms with E-state index in [2.05, 4.69) is 5.32 Å². The minimum absolute atomic E-state index is 0.0449. The third-order valence-electron chi connectivity index (χ3n) is 4.20. The summed E-state index contributed by atoms with van der Waals surface area (Å²) in [5.74, 6) is -1.63. The lowest BCUT2D eigenvalue weighted by Gasteiger charge is -2.24. The Morgan fingerprint density at radius 3 is 2.17 bits per heavy atom. The Morgan fingerprint density at radius 1 is 1.00 bits per heavy atom. The summed E-state index contributed by atoms with van der Waals surface area (Å²) in [5.41, 5.74) is 1.59. The molecule has 2 aromatic rings. The molecule has 29 heavy (non-hydrogen) atoms. The van der Waals surface area contributed by atoms with Gasteiger partial charge >= 0.3 is 12.1 Å². The molecule has 0 spiro atoms. The normalized spacial score (nSPS) is 13.7. The molecule has 2 N–H and O–H groups in total. The molecule has 156 valence electrons. The second-order valence-electron chi connectivity index (χ2n) is 6.45. The van der Waals surface area contributed by atoms with Crippen LogP contribution < -0.4 is 5.32 Å². The first-order valence-corrected chi connectivity index (χ1v) is 11.3. The number of rotatable bonds is 10. The third-order valence-corrected chi connectivity index (χ3v) is 6.35. The van der Waals surface area contributed by atoms with E-state index in [0.717, 1.165) is 11.1 Å². The Balaban J connectivity index is 2.04. The highest BCUT2D eigenvalue weighted by Crippen LogP contribution is 2.47. The fraction of sp³-hybridized carbons (Fsp3) is 0.333. The minimum atomic E-state index is -3.91. The van der Waals surface area contributed by atoms with Gasteiger partial charge in [0.05, 0.1) is 13.0 Å². The zero-order valence-corrected chi connectivity index (χ0v) is 17.2. The van der Waals surface area contributed by atoms with Crippen LogP contribution in [0.3, 0.4) is 0 Å². The van der Waals surface area contributed by atoms with Gasteiger partial charge in [0.2, 0.25) is 7.37 Å². The second-order valence-corrected chi connectivity index (χ2v) is 9.03. The second kappa shape index (κ2) is 11.4. The molecule has 0 fully saturated rings. The summed E-state index contributed by atoms with van der Waals surface area (Å²) < 4.78 is 22.9. The van der Waals surface area contributed by atoms with Gasteiger partial charge in [0.1, 0.15) is 12.4 Å². The first-order chi connectivity index (χ1) is 13.9. The largest absolute Gasteiger partial charge is 0.466 e. The molecular weight excluding hydrogens is 393 g/mol. The molecule has 2 atom stereocenters. The van der Waals surface area contributed by atoms with E-state index in [1.807, 2.05) is 36.4 Å². The molecule has 2 rings (SSSR count). The molecule has 8 heteroatoms. The summed E-state index contributed by atoms with van der Waals surface area (Å²) in [4.78, 5) is 34.4. The van der Waals surface area contributed by atoms with Gasteiger partial charge in [-0.25, -0.2) is 4.79 Å². The lowest BCUT2D eigenvalue weighted by molar-refractivity contribution is -0.142. The Kier molecular flexibility index (Phi) is 8.90. The van der Waals surface area contributed by atoms with Gasteiger partial charge < -0.3 is 19.7 Å². The first-order valence-electron chi connectivity index (χ1n) is 9.39. The molecule has 0 aliphatic rings. The lowest BCUT2D eigenvalue weighted by atomic mass is 10.1. The SMILES string of the molecule is CCOC(=O)CCP(=O)(O)[C@H](Cc1ccccc1)NC(=O)OCc1ccccc1. The van der Waals surface area contributed by atoms with E-state index in [1.165, 1.54) is 0 Å².